The summed E-state index contributed by atoms with van der Waals surface area (Å²) < 4.78 is 14.4. The van der Waals surface area contributed by atoms with Crippen molar-refractivity contribution in [1.82, 2.24) is 0 Å². The second kappa shape index (κ2) is 4.72. The maximum Gasteiger partial charge on any atom is 0.145 e. The number of rotatable bonds is 1. The molecule has 2 aromatic rings. The summed E-state index contributed by atoms with van der Waals surface area (Å²) in [5.74, 6) is -0.253. The quantitative estimate of drug-likeness (QED) is 0.500. The summed E-state index contributed by atoms with van der Waals surface area (Å²) in [5, 5.41) is 0.453. The van der Waals surface area contributed by atoms with Crippen molar-refractivity contribution < 1.29 is 4.39 Å². The number of aryl methyl sites for hydroxylation is 1. The number of halogens is 3. The van der Waals surface area contributed by atoms with Crippen LogP contribution in [0.1, 0.15) is 5.56 Å². The number of hydrogen-bond donors (Lipinski definition) is 0. The Morgan fingerprint density at radius 3 is 2.31 bits per heavy atom. The van der Waals surface area contributed by atoms with E-state index in [2.05, 4.69) is 0 Å². The molecule has 16 heavy (non-hydrogen) atoms. The van der Waals surface area contributed by atoms with E-state index in [0.717, 1.165) is 11.1 Å². The summed E-state index contributed by atoms with van der Waals surface area (Å²) >= 11 is 7.77. The maximum absolute atomic E-state index is 14.0. The smallest absolute Gasteiger partial charge is 0.145 e. The minimum absolute atomic E-state index is 0.253. The summed E-state index contributed by atoms with van der Waals surface area (Å²) in [4.78, 5) is 0. The molecule has 0 saturated heterocycles. The van der Waals surface area contributed by atoms with E-state index in [0.29, 0.717) is 14.2 Å². The molecule has 3 heteroatoms. The molecule has 0 saturated carbocycles. The van der Waals surface area contributed by atoms with Crippen molar-refractivity contribution in [2.24, 2.45) is 0 Å². The lowest BCUT2D eigenvalue weighted by Gasteiger charge is -2.06. The molecular formula is C13H9ClFI. The lowest BCUT2D eigenvalue weighted by atomic mass is 10.0. The van der Waals surface area contributed by atoms with Crippen LogP contribution >= 0.6 is 34.2 Å². The Kier molecular flexibility index (Phi) is 3.50. The summed E-state index contributed by atoms with van der Waals surface area (Å²) in [6, 6.07) is 11.2. The van der Waals surface area contributed by atoms with Crippen LogP contribution in [-0.2, 0) is 0 Å². The third kappa shape index (κ3) is 2.23. The molecule has 2 rings (SSSR count). The minimum atomic E-state index is -0.253. The van der Waals surface area contributed by atoms with Crippen LogP contribution in [0.4, 0.5) is 4.39 Å². The highest BCUT2D eigenvalue weighted by molar-refractivity contribution is 14.1. The predicted octanol–water partition coefficient (Wildman–Crippen LogP) is 5.06. The van der Waals surface area contributed by atoms with Gasteiger partial charge < -0.3 is 0 Å². The Hall–Kier alpha value is -0.610. The van der Waals surface area contributed by atoms with E-state index >= 15 is 0 Å². The van der Waals surface area contributed by atoms with Gasteiger partial charge in [0.25, 0.3) is 0 Å². The van der Waals surface area contributed by atoms with E-state index < -0.39 is 0 Å². The van der Waals surface area contributed by atoms with Gasteiger partial charge in [0.1, 0.15) is 5.82 Å². The first-order valence-corrected chi connectivity index (χ1v) is 6.26. The Labute approximate surface area is 113 Å². The highest BCUT2D eigenvalue weighted by Crippen LogP contribution is 2.30. The van der Waals surface area contributed by atoms with Crippen LogP contribution in [0.3, 0.4) is 0 Å². The average Bonchev–Trinajstić information content (AvgIpc) is 2.28. The zero-order valence-electron chi connectivity index (χ0n) is 8.60. The number of hydrogen-bond acceptors (Lipinski definition) is 0. The van der Waals surface area contributed by atoms with Gasteiger partial charge >= 0.3 is 0 Å². The monoisotopic (exact) mass is 346 g/mol. The van der Waals surface area contributed by atoms with Crippen LogP contribution < -0.4 is 0 Å². The largest absolute Gasteiger partial charge is 0.205 e. The molecule has 82 valence electrons. The molecule has 0 aromatic heterocycles. The molecule has 0 amide bonds. The molecular weight excluding hydrogens is 337 g/mol. The van der Waals surface area contributed by atoms with Gasteiger partial charge in [-0.15, -0.1) is 0 Å². The molecule has 0 N–H and O–H groups in total. The topological polar surface area (TPSA) is 0 Å². The van der Waals surface area contributed by atoms with Gasteiger partial charge in [-0.25, -0.2) is 4.39 Å². The van der Waals surface area contributed by atoms with E-state index in [1.165, 1.54) is 0 Å². The normalized spacial score (nSPS) is 10.5. The zero-order valence-corrected chi connectivity index (χ0v) is 11.5. The Balaban J connectivity index is 2.57. The van der Waals surface area contributed by atoms with E-state index in [4.69, 9.17) is 11.6 Å². The van der Waals surface area contributed by atoms with Crippen molar-refractivity contribution in [2.45, 2.75) is 6.92 Å². The lowest BCUT2D eigenvalue weighted by molar-refractivity contribution is 0.624. The van der Waals surface area contributed by atoms with Crippen molar-refractivity contribution in [2.75, 3.05) is 0 Å². The third-order valence-corrected chi connectivity index (χ3v) is 4.09. The first-order chi connectivity index (χ1) is 7.59. The van der Waals surface area contributed by atoms with Crippen LogP contribution in [0, 0.1) is 16.3 Å². The van der Waals surface area contributed by atoms with Gasteiger partial charge in [0.05, 0.1) is 8.59 Å². The van der Waals surface area contributed by atoms with E-state index in [9.17, 15) is 4.39 Å². The summed E-state index contributed by atoms with van der Waals surface area (Å²) in [6.45, 7) is 2.01. The fourth-order valence-electron chi connectivity index (χ4n) is 1.48. The van der Waals surface area contributed by atoms with Gasteiger partial charge in [-0.05, 0) is 47.2 Å². The van der Waals surface area contributed by atoms with E-state index in [-0.39, 0.29) is 5.82 Å². The van der Waals surface area contributed by atoms with Gasteiger partial charge in [0.2, 0.25) is 0 Å². The fraction of sp³-hybridized carbons (Fsp3) is 0.0769. The van der Waals surface area contributed by atoms with Crippen molar-refractivity contribution in [3.8, 4) is 11.1 Å². The van der Waals surface area contributed by atoms with Gasteiger partial charge in [-0.2, -0.15) is 0 Å². The van der Waals surface area contributed by atoms with E-state index in [1.54, 1.807) is 12.1 Å². The van der Waals surface area contributed by atoms with Crippen molar-refractivity contribution in [1.29, 1.82) is 0 Å². The summed E-state index contributed by atoms with van der Waals surface area (Å²) in [6.07, 6.45) is 0. The zero-order chi connectivity index (χ0) is 11.7. The third-order valence-electron chi connectivity index (χ3n) is 2.40. The Morgan fingerprint density at radius 1 is 1.06 bits per heavy atom. The van der Waals surface area contributed by atoms with Crippen LogP contribution in [-0.4, -0.2) is 0 Å². The van der Waals surface area contributed by atoms with Crippen LogP contribution in [0.2, 0.25) is 5.02 Å². The first-order valence-electron chi connectivity index (χ1n) is 4.80. The SMILES string of the molecule is Cc1ccc(-c2ccc(Cl)c(I)c2F)cc1. The van der Waals surface area contributed by atoms with Crippen molar-refractivity contribution in [3.05, 3.63) is 56.4 Å². The second-order valence-corrected chi connectivity index (χ2v) is 5.07. The average molecular weight is 347 g/mol. The number of benzene rings is 2. The molecule has 0 aliphatic carbocycles. The molecule has 0 spiro atoms. The molecule has 0 aliphatic rings. The van der Waals surface area contributed by atoms with E-state index in [1.807, 2.05) is 53.8 Å². The molecule has 0 atom stereocenters. The van der Waals surface area contributed by atoms with Crippen LogP contribution in [0.15, 0.2) is 36.4 Å². The maximum atomic E-state index is 14.0. The Bertz CT molecular complexity index is 520. The molecule has 0 radical (unpaired) electrons. The molecule has 0 fully saturated rings. The molecule has 0 aliphatic heterocycles. The summed E-state index contributed by atoms with van der Waals surface area (Å²) in [5.41, 5.74) is 2.62. The van der Waals surface area contributed by atoms with Crippen LogP contribution in [0.5, 0.6) is 0 Å². The standard InChI is InChI=1S/C13H9ClFI/c1-8-2-4-9(5-3-8)10-6-7-11(14)13(16)12(10)15/h2-7H,1H3. The summed E-state index contributed by atoms with van der Waals surface area (Å²) in [7, 11) is 0. The highest BCUT2D eigenvalue weighted by atomic mass is 127. The highest BCUT2D eigenvalue weighted by Gasteiger charge is 2.11. The van der Waals surface area contributed by atoms with Gasteiger partial charge in [0, 0.05) is 5.56 Å². The second-order valence-electron chi connectivity index (χ2n) is 3.59. The lowest BCUT2D eigenvalue weighted by Crippen LogP contribution is -1.89. The molecule has 0 heterocycles. The predicted molar refractivity (Wildman–Crippen MR) is 74.3 cm³/mol. The molecule has 0 unspecified atom stereocenters. The van der Waals surface area contributed by atoms with Gasteiger partial charge in [-0.3, -0.25) is 0 Å². The van der Waals surface area contributed by atoms with Crippen LogP contribution in [0.25, 0.3) is 11.1 Å². The molecule has 0 bridgehead atoms. The first kappa shape index (κ1) is 11.9. The Morgan fingerprint density at radius 2 is 1.69 bits per heavy atom. The fourth-order valence-corrected chi connectivity index (χ4v) is 2.10. The van der Waals surface area contributed by atoms with Crippen molar-refractivity contribution in [3.63, 3.8) is 0 Å². The minimum Gasteiger partial charge on any atom is -0.205 e. The van der Waals surface area contributed by atoms with Gasteiger partial charge in [-0.1, -0.05) is 41.4 Å². The van der Waals surface area contributed by atoms with Gasteiger partial charge in [0.15, 0.2) is 0 Å². The molecule has 0 nitrogen and oxygen atoms in total. The van der Waals surface area contributed by atoms with Crippen molar-refractivity contribution >= 4 is 34.2 Å². The molecule has 2 aromatic carbocycles.